The molecule has 1 heteroatoms. The van der Waals surface area contributed by atoms with Crippen molar-refractivity contribution in [3.05, 3.63) is 35.9 Å². The van der Waals surface area contributed by atoms with Gasteiger partial charge >= 0.3 is 0 Å². The van der Waals surface area contributed by atoms with Crippen molar-refractivity contribution >= 4 is 5.71 Å². The zero-order valence-electron chi connectivity index (χ0n) is 10.4. The molecule has 0 N–H and O–H groups in total. The SMILES string of the molecule is CCC1=NCC(CC)(c2ccccc2)CC1. The van der Waals surface area contributed by atoms with Gasteiger partial charge < -0.3 is 0 Å². The molecule has 1 nitrogen and oxygen atoms in total. The molecule has 0 fully saturated rings. The summed E-state index contributed by atoms with van der Waals surface area (Å²) < 4.78 is 0. The van der Waals surface area contributed by atoms with Crippen molar-refractivity contribution in [3.63, 3.8) is 0 Å². The Balaban J connectivity index is 2.26. The summed E-state index contributed by atoms with van der Waals surface area (Å²) in [4.78, 5) is 4.77. The average molecular weight is 215 g/mol. The Hall–Kier alpha value is -1.11. The third kappa shape index (κ3) is 2.04. The molecule has 86 valence electrons. The summed E-state index contributed by atoms with van der Waals surface area (Å²) in [5.74, 6) is 0. The third-order valence-corrected chi connectivity index (χ3v) is 3.97. The van der Waals surface area contributed by atoms with Gasteiger partial charge in [-0.3, -0.25) is 4.99 Å². The second-order valence-electron chi connectivity index (χ2n) is 4.74. The molecule has 0 radical (unpaired) electrons. The van der Waals surface area contributed by atoms with Gasteiger partial charge in [-0.2, -0.15) is 0 Å². The molecule has 0 spiro atoms. The van der Waals surface area contributed by atoms with E-state index in [9.17, 15) is 0 Å². The summed E-state index contributed by atoms with van der Waals surface area (Å²) in [5.41, 5.74) is 3.18. The molecule has 1 aliphatic heterocycles. The van der Waals surface area contributed by atoms with E-state index >= 15 is 0 Å². The summed E-state index contributed by atoms with van der Waals surface area (Å²) in [5, 5.41) is 0. The van der Waals surface area contributed by atoms with Crippen LogP contribution in [0.15, 0.2) is 35.3 Å². The maximum Gasteiger partial charge on any atom is 0.0485 e. The van der Waals surface area contributed by atoms with Crippen molar-refractivity contribution in [2.45, 2.75) is 44.9 Å². The van der Waals surface area contributed by atoms with E-state index in [4.69, 9.17) is 4.99 Å². The predicted molar refractivity (Wildman–Crippen MR) is 70.2 cm³/mol. The van der Waals surface area contributed by atoms with Gasteiger partial charge in [0.2, 0.25) is 0 Å². The van der Waals surface area contributed by atoms with Gasteiger partial charge in [-0.25, -0.2) is 0 Å². The minimum absolute atomic E-state index is 0.305. The van der Waals surface area contributed by atoms with Crippen LogP contribution < -0.4 is 0 Å². The Kier molecular flexibility index (Phi) is 3.42. The highest BCUT2D eigenvalue weighted by atomic mass is 14.8. The van der Waals surface area contributed by atoms with E-state index in [0.717, 1.165) is 13.0 Å². The topological polar surface area (TPSA) is 12.4 Å². The van der Waals surface area contributed by atoms with Gasteiger partial charge in [0.05, 0.1) is 0 Å². The minimum Gasteiger partial charge on any atom is -0.293 e. The van der Waals surface area contributed by atoms with Gasteiger partial charge in [0.25, 0.3) is 0 Å². The van der Waals surface area contributed by atoms with E-state index in [1.165, 1.54) is 30.5 Å². The molecule has 0 bridgehead atoms. The molecular weight excluding hydrogens is 194 g/mol. The maximum atomic E-state index is 4.77. The first-order valence-corrected chi connectivity index (χ1v) is 6.38. The summed E-state index contributed by atoms with van der Waals surface area (Å²) in [6.45, 7) is 5.48. The summed E-state index contributed by atoms with van der Waals surface area (Å²) in [7, 11) is 0. The molecule has 1 unspecified atom stereocenters. The molecular formula is C15H21N. The number of aliphatic imine (C=N–C) groups is 1. The van der Waals surface area contributed by atoms with Crippen LogP contribution in [-0.2, 0) is 5.41 Å². The number of hydrogen-bond donors (Lipinski definition) is 0. The first kappa shape index (κ1) is 11.4. The van der Waals surface area contributed by atoms with Crippen molar-refractivity contribution < 1.29 is 0 Å². The van der Waals surface area contributed by atoms with E-state index in [0.29, 0.717) is 5.41 Å². The van der Waals surface area contributed by atoms with Crippen molar-refractivity contribution in [2.24, 2.45) is 4.99 Å². The van der Waals surface area contributed by atoms with Gasteiger partial charge in [0, 0.05) is 17.7 Å². The predicted octanol–water partition coefficient (Wildman–Crippen LogP) is 3.98. The lowest BCUT2D eigenvalue weighted by molar-refractivity contribution is 0.383. The monoisotopic (exact) mass is 215 g/mol. The van der Waals surface area contributed by atoms with E-state index in [1.54, 1.807) is 0 Å². The molecule has 0 aliphatic carbocycles. The van der Waals surface area contributed by atoms with Crippen LogP contribution in [0.5, 0.6) is 0 Å². The Morgan fingerprint density at radius 3 is 2.44 bits per heavy atom. The van der Waals surface area contributed by atoms with Crippen LogP contribution in [0.1, 0.15) is 45.1 Å². The second kappa shape index (κ2) is 4.82. The lowest BCUT2D eigenvalue weighted by Crippen LogP contribution is -2.33. The van der Waals surface area contributed by atoms with Gasteiger partial charge in [0.1, 0.15) is 0 Å². The molecule has 1 atom stereocenters. The Bertz CT molecular complexity index is 366. The summed E-state index contributed by atoms with van der Waals surface area (Å²) >= 11 is 0. The van der Waals surface area contributed by atoms with Crippen LogP contribution >= 0.6 is 0 Å². The van der Waals surface area contributed by atoms with E-state index < -0.39 is 0 Å². The van der Waals surface area contributed by atoms with E-state index in [2.05, 4.69) is 44.2 Å². The minimum atomic E-state index is 0.305. The quantitative estimate of drug-likeness (QED) is 0.723. The van der Waals surface area contributed by atoms with Crippen LogP contribution in [-0.4, -0.2) is 12.3 Å². The Labute approximate surface area is 98.6 Å². The summed E-state index contributed by atoms with van der Waals surface area (Å²) in [6.07, 6.45) is 4.76. The highest BCUT2D eigenvalue weighted by Crippen LogP contribution is 2.36. The van der Waals surface area contributed by atoms with Crippen LogP contribution in [0, 0.1) is 0 Å². The highest BCUT2D eigenvalue weighted by molar-refractivity contribution is 5.85. The normalized spacial score (nSPS) is 25.2. The van der Waals surface area contributed by atoms with Crippen LogP contribution in [0.25, 0.3) is 0 Å². The van der Waals surface area contributed by atoms with Crippen molar-refractivity contribution in [3.8, 4) is 0 Å². The molecule has 1 aromatic rings. The standard InChI is InChI=1S/C15H21N/c1-3-14-10-11-15(4-2,12-16-14)13-8-6-5-7-9-13/h5-9H,3-4,10-12H2,1-2H3. The average Bonchev–Trinajstić information content (AvgIpc) is 2.40. The lowest BCUT2D eigenvalue weighted by atomic mass is 9.72. The molecule has 1 heterocycles. The summed E-state index contributed by atoms with van der Waals surface area (Å²) in [6, 6.07) is 10.9. The van der Waals surface area contributed by atoms with E-state index in [-0.39, 0.29) is 0 Å². The van der Waals surface area contributed by atoms with Gasteiger partial charge in [-0.15, -0.1) is 0 Å². The Morgan fingerprint density at radius 2 is 1.94 bits per heavy atom. The number of rotatable bonds is 3. The fraction of sp³-hybridized carbons (Fsp3) is 0.533. The second-order valence-corrected chi connectivity index (χ2v) is 4.74. The van der Waals surface area contributed by atoms with Gasteiger partial charge in [0.15, 0.2) is 0 Å². The fourth-order valence-corrected chi connectivity index (χ4v) is 2.61. The lowest BCUT2D eigenvalue weighted by Gasteiger charge is -2.35. The molecule has 1 aromatic carbocycles. The van der Waals surface area contributed by atoms with Crippen molar-refractivity contribution in [1.82, 2.24) is 0 Å². The molecule has 0 saturated carbocycles. The zero-order chi connectivity index (χ0) is 11.4. The molecule has 0 saturated heterocycles. The molecule has 2 rings (SSSR count). The van der Waals surface area contributed by atoms with Gasteiger partial charge in [-0.1, -0.05) is 44.2 Å². The van der Waals surface area contributed by atoms with Crippen molar-refractivity contribution in [2.75, 3.05) is 6.54 Å². The number of hydrogen-bond acceptors (Lipinski definition) is 1. The first-order valence-electron chi connectivity index (χ1n) is 6.38. The molecule has 1 aliphatic rings. The third-order valence-electron chi connectivity index (χ3n) is 3.97. The maximum absolute atomic E-state index is 4.77. The first-order chi connectivity index (χ1) is 7.80. The van der Waals surface area contributed by atoms with Crippen molar-refractivity contribution in [1.29, 1.82) is 0 Å². The molecule has 0 amide bonds. The zero-order valence-corrected chi connectivity index (χ0v) is 10.4. The fourth-order valence-electron chi connectivity index (χ4n) is 2.61. The van der Waals surface area contributed by atoms with E-state index in [1.807, 2.05) is 0 Å². The Morgan fingerprint density at radius 1 is 1.19 bits per heavy atom. The van der Waals surface area contributed by atoms with Crippen LogP contribution in [0.2, 0.25) is 0 Å². The number of benzene rings is 1. The number of nitrogens with zero attached hydrogens (tertiary/aromatic N) is 1. The molecule has 0 aromatic heterocycles. The van der Waals surface area contributed by atoms with Crippen LogP contribution in [0.3, 0.4) is 0 Å². The largest absolute Gasteiger partial charge is 0.293 e. The smallest absolute Gasteiger partial charge is 0.0485 e. The van der Waals surface area contributed by atoms with Gasteiger partial charge in [-0.05, 0) is 31.2 Å². The molecule has 16 heavy (non-hydrogen) atoms. The highest BCUT2D eigenvalue weighted by Gasteiger charge is 2.32. The van der Waals surface area contributed by atoms with Crippen LogP contribution in [0.4, 0.5) is 0 Å².